The predicted molar refractivity (Wildman–Crippen MR) is 89.7 cm³/mol. The number of ether oxygens (including phenoxy) is 2. The van der Waals surface area contributed by atoms with E-state index >= 15 is 0 Å². The summed E-state index contributed by atoms with van der Waals surface area (Å²) in [6.07, 6.45) is 0.766. The van der Waals surface area contributed by atoms with Crippen molar-refractivity contribution in [2.75, 3.05) is 19.5 Å². The van der Waals surface area contributed by atoms with Gasteiger partial charge < -0.3 is 14.0 Å². The molecule has 1 aromatic carbocycles. The van der Waals surface area contributed by atoms with Gasteiger partial charge in [-0.05, 0) is 12.1 Å². The second kappa shape index (κ2) is 8.01. The minimum Gasteiger partial charge on any atom is -0.493 e. The molecule has 0 radical (unpaired) electrons. The van der Waals surface area contributed by atoms with Crippen molar-refractivity contribution in [2.24, 2.45) is 7.05 Å². The van der Waals surface area contributed by atoms with Gasteiger partial charge in [0.05, 0.1) is 19.3 Å². The summed E-state index contributed by atoms with van der Waals surface area (Å²) < 4.78 is 13.0. The third-order valence-corrected chi connectivity index (χ3v) is 4.29. The van der Waals surface area contributed by atoms with E-state index in [1.165, 1.54) is 0 Å². The Bertz CT molecular complexity index is 671. The first-order valence-corrected chi connectivity index (χ1v) is 8.34. The molecule has 0 aliphatic rings. The molecule has 0 unspecified atom stereocenters. The highest BCUT2D eigenvalue weighted by molar-refractivity contribution is 7.99. The van der Waals surface area contributed by atoms with Crippen molar-refractivity contribution < 1.29 is 14.3 Å². The molecule has 0 bridgehead atoms. The molecule has 124 valence electrons. The summed E-state index contributed by atoms with van der Waals surface area (Å²) in [4.78, 5) is 11.1. The number of para-hydroxylation sites is 1. The van der Waals surface area contributed by atoms with Crippen molar-refractivity contribution in [1.29, 1.82) is 0 Å². The fraction of sp³-hybridized carbons (Fsp3) is 0.438. The van der Waals surface area contributed by atoms with Crippen LogP contribution in [-0.2, 0) is 7.05 Å². The maximum absolute atomic E-state index is 11.1. The molecule has 0 N–H and O–H groups in total. The summed E-state index contributed by atoms with van der Waals surface area (Å²) in [6.45, 7) is 4.62. The van der Waals surface area contributed by atoms with Crippen molar-refractivity contribution in [3.8, 4) is 11.5 Å². The molecule has 7 heteroatoms. The lowest BCUT2D eigenvalue weighted by Gasteiger charge is -2.12. The number of aldehydes is 1. The monoisotopic (exact) mass is 335 g/mol. The molecule has 0 saturated heterocycles. The second-order valence-electron chi connectivity index (χ2n) is 5.25. The first-order valence-electron chi connectivity index (χ1n) is 7.35. The zero-order valence-electron chi connectivity index (χ0n) is 13.8. The van der Waals surface area contributed by atoms with Gasteiger partial charge in [0.25, 0.3) is 0 Å². The number of aromatic nitrogens is 3. The van der Waals surface area contributed by atoms with Crippen LogP contribution < -0.4 is 9.47 Å². The summed E-state index contributed by atoms with van der Waals surface area (Å²) in [5, 5.41) is 9.23. The van der Waals surface area contributed by atoms with E-state index in [2.05, 4.69) is 24.0 Å². The van der Waals surface area contributed by atoms with Gasteiger partial charge in [-0.25, -0.2) is 0 Å². The number of carbonyl (C=O) groups is 1. The average Bonchev–Trinajstić information content (AvgIpc) is 2.92. The van der Waals surface area contributed by atoms with Crippen LogP contribution in [0.3, 0.4) is 0 Å². The topological polar surface area (TPSA) is 66.2 Å². The van der Waals surface area contributed by atoms with Crippen LogP contribution in [0.2, 0.25) is 0 Å². The molecule has 0 aliphatic heterocycles. The molecule has 1 aromatic heterocycles. The van der Waals surface area contributed by atoms with Crippen molar-refractivity contribution in [2.45, 2.75) is 24.9 Å². The molecule has 1 heterocycles. The standard InChI is InChI=1S/C16H21N3O3S/c1-11(2)15-17-18-16(19(15)3)23-9-8-22-14-12(10-20)6-5-7-13(14)21-4/h5-7,10-11H,8-9H2,1-4H3. The van der Waals surface area contributed by atoms with E-state index in [4.69, 9.17) is 9.47 Å². The molecule has 23 heavy (non-hydrogen) atoms. The lowest BCUT2D eigenvalue weighted by molar-refractivity contribution is 0.111. The number of benzene rings is 1. The highest BCUT2D eigenvalue weighted by atomic mass is 32.2. The van der Waals surface area contributed by atoms with E-state index in [1.54, 1.807) is 37.1 Å². The molecule has 0 spiro atoms. The molecule has 6 nitrogen and oxygen atoms in total. The number of thioether (sulfide) groups is 1. The molecule has 0 saturated carbocycles. The van der Waals surface area contributed by atoms with Crippen molar-refractivity contribution in [3.63, 3.8) is 0 Å². The molecular formula is C16H21N3O3S. The molecule has 0 fully saturated rings. The summed E-state index contributed by atoms with van der Waals surface area (Å²) in [5.74, 6) is 3.02. The predicted octanol–water partition coefficient (Wildman–Crippen LogP) is 2.93. The van der Waals surface area contributed by atoms with Gasteiger partial charge >= 0.3 is 0 Å². The molecule has 0 atom stereocenters. The van der Waals surface area contributed by atoms with Crippen LogP contribution in [0.4, 0.5) is 0 Å². The largest absolute Gasteiger partial charge is 0.493 e. The molecule has 0 aliphatic carbocycles. The van der Waals surface area contributed by atoms with Crippen molar-refractivity contribution in [3.05, 3.63) is 29.6 Å². The van der Waals surface area contributed by atoms with Crippen LogP contribution in [0, 0.1) is 0 Å². The van der Waals surface area contributed by atoms with Crippen LogP contribution in [0.1, 0.15) is 35.9 Å². The Hall–Kier alpha value is -2.02. The number of hydrogen-bond acceptors (Lipinski definition) is 6. The number of methoxy groups -OCH3 is 1. The summed E-state index contributed by atoms with van der Waals surface area (Å²) in [6, 6.07) is 5.24. The maximum Gasteiger partial charge on any atom is 0.191 e. The summed E-state index contributed by atoms with van der Waals surface area (Å²) >= 11 is 1.57. The number of nitrogens with zero attached hydrogens (tertiary/aromatic N) is 3. The normalized spacial score (nSPS) is 10.8. The number of hydrogen-bond donors (Lipinski definition) is 0. The van der Waals surface area contributed by atoms with Crippen molar-refractivity contribution in [1.82, 2.24) is 14.8 Å². The van der Waals surface area contributed by atoms with Crippen LogP contribution >= 0.6 is 11.8 Å². The Morgan fingerprint density at radius 3 is 2.74 bits per heavy atom. The van der Waals surface area contributed by atoms with Crippen LogP contribution in [-0.4, -0.2) is 40.5 Å². The van der Waals surface area contributed by atoms with Gasteiger partial charge in [0.2, 0.25) is 0 Å². The quantitative estimate of drug-likeness (QED) is 0.420. The van der Waals surface area contributed by atoms with Crippen LogP contribution in [0.25, 0.3) is 0 Å². The SMILES string of the molecule is COc1cccc(C=O)c1OCCSc1nnc(C(C)C)n1C. The Morgan fingerprint density at radius 1 is 1.35 bits per heavy atom. The average molecular weight is 335 g/mol. The van der Waals surface area contributed by atoms with Crippen LogP contribution in [0.5, 0.6) is 11.5 Å². The maximum atomic E-state index is 11.1. The van der Waals surface area contributed by atoms with Crippen molar-refractivity contribution >= 4 is 18.0 Å². The zero-order chi connectivity index (χ0) is 16.8. The van der Waals surface area contributed by atoms with Gasteiger partial charge in [-0.15, -0.1) is 10.2 Å². The van der Waals surface area contributed by atoms with Gasteiger partial charge in [-0.1, -0.05) is 31.7 Å². The van der Waals surface area contributed by atoms with E-state index in [0.717, 1.165) is 17.3 Å². The van der Waals surface area contributed by atoms with E-state index < -0.39 is 0 Å². The number of carbonyl (C=O) groups excluding carboxylic acids is 1. The van der Waals surface area contributed by atoms with Gasteiger partial charge in [0, 0.05) is 18.7 Å². The fourth-order valence-corrected chi connectivity index (χ4v) is 2.91. The van der Waals surface area contributed by atoms with Gasteiger partial charge in [-0.3, -0.25) is 4.79 Å². The minimum atomic E-state index is 0.335. The third-order valence-electron chi connectivity index (χ3n) is 3.30. The molecule has 2 rings (SSSR count). The zero-order valence-corrected chi connectivity index (χ0v) is 14.6. The highest BCUT2D eigenvalue weighted by Crippen LogP contribution is 2.30. The Balaban J connectivity index is 1.95. The fourth-order valence-electron chi connectivity index (χ4n) is 2.17. The Kier molecular flexibility index (Phi) is 6.04. The minimum absolute atomic E-state index is 0.335. The first-order chi connectivity index (χ1) is 11.1. The Labute approximate surface area is 140 Å². The van der Waals surface area contributed by atoms with E-state index in [-0.39, 0.29) is 0 Å². The lowest BCUT2D eigenvalue weighted by atomic mass is 10.2. The lowest BCUT2D eigenvalue weighted by Crippen LogP contribution is -2.05. The first kappa shape index (κ1) is 17.3. The second-order valence-corrected chi connectivity index (χ2v) is 6.31. The van der Waals surface area contributed by atoms with E-state index in [1.807, 2.05) is 11.6 Å². The summed E-state index contributed by atoms with van der Waals surface area (Å²) in [5.41, 5.74) is 0.482. The van der Waals surface area contributed by atoms with Crippen LogP contribution in [0.15, 0.2) is 23.4 Å². The smallest absolute Gasteiger partial charge is 0.191 e. The highest BCUT2D eigenvalue weighted by Gasteiger charge is 2.13. The third kappa shape index (κ3) is 4.04. The molecule has 0 amide bonds. The van der Waals surface area contributed by atoms with E-state index in [0.29, 0.717) is 35.3 Å². The van der Waals surface area contributed by atoms with Gasteiger partial charge in [0.15, 0.2) is 22.9 Å². The van der Waals surface area contributed by atoms with Gasteiger partial charge in [0.1, 0.15) is 5.82 Å². The van der Waals surface area contributed by atoms with E-state index in [9.17, 15) is 4.79 Å². The molecular weight excluding hydrogens is 314 g/mol. The summed E-state index contributed by atoms with van der Waals surface area (Å²) in [7, 11) is 3.52. The molecule has 2 aromatic rings. The Morgan fingerprint density at radius 2 is 2.13 bits per heavy atom. The number of rotatable bonds is 8. The van der Waals surface area contributed by atoms with Gasteiger partial charge in [-0.2, -0.15) is 0 Å².